The number of aliphatic hydroxyl groups excluding tert-OH is 1. The molecule has 2 aliphatic rings. The third-order valence-electron chi connectivity index (χ3n) is 5.91. The number of hydrogen-bond donors (Lipinski definition) is 4. The van der Waals surface area contributed by atoms with E-state index in [-0.39, 0.29) is 11.5 Å². The van der Waals surface area contributed by atoms with Crippen molar-refractivity contribution in [1.29, 1.82) is 0 Å². The van der Waals surface area contributed by atoms with E-state index in [2.05, 4.69) is 50.6 Å². The quantitative estimate of drug-likeness (QED) is 0.183. The van der Waals surface area contributed by atoms with Crippen molar-refractivity contribution < 1.29 is 19.2 Å². The largest absolute Gasteiger partial charge is 0.379 e. The van der Waals surface area contributed by atoms with Gasteiger partial charge < -0.3 is 35.4 Å². The monoisotopic (exact) mass is 511 g/mol. The van der Waals surface area contributed by atoms with Crippen LogP contribution in [-0.2, 0) is 9.47 Å². The molecular formula is C22H29N11O4. The van der Waals surface area contributed by atoms with E-state index in [4.69, 9.17) is 20.2 Å². The molecule has 1 aromatic carbocycles. The van der Waals surface area contributed by atoms with Crippen LogP contribution in [0.1, 0.15) is 24.4 Å². The average molecular weight is 512 g/mol. The van der Waals surface area contributed by atoms with Gasteiger partial charge in [-0.25, -0.2) is 4.63 Å². The van der Waals surface area contributed by atoms with Gasteiger partial charge in [0.15, 0.2) is 17.7 Å². The SMILES string of the molecule is C/C(=N/NC(O)c1nonc1N)c1ccc(Nc2nc(N3CCOCC3)nc(N3CCOCC3)n2)cc1. The molecule has 2 aromatic heterocycles. The Morgan fingerprint density at radius 3 is 2.08 bits per heavy atom. The van der Waals surface area contributed by atoms with Crippen LogP contribution in [0.3, 0.4) is 0 Å². The van der Waals surface area contributed by atoms with Gasteiger partial charge in [0, 0.05) is 31.9 Å². The Labute approximate surface area is 212 Å². The molecule has 196 valence electrons. The fourth-order valence-corrected chi connectivity index (χ4v) is 3.82. The van der Waals surface area contributed by atoms with E-state index in [0.717, 1.165) is 37.4 Å². The summed E-state index contributed by atoms with van der Waals surface area (Å²) in [6.07, 6.45) is -1.24. The van der Waals surface area contributed by atoms with Crippen LogP contribution in [0.4, 0.5) is 29.4 Å². The van der Waals surface area contributed by atoms with Crippen LogP contribution >= 0.6 is 0 Å². The van der Waals surface area contributed by atoms with Crippen molar-refractivity contribution in [2.45, 2.75) is 13.2 Å². The molecule has 0 radical (unpaired) electrons. The second-order valence-electron chi connectivity index (χ2n) is 8.42. The Morgan fingerprint density at radius 2 is 1.54 bits per heavy atom. The number of ether oxygens (including phenoxy) is 2. The normalized spacial score (nSPS) is 17.5. The summed E-state index contributed by atoms with van der Waals surface area (Å²) in [4.78, 5) is 18.3. The Hall–Kier alpha value is -4.08. The standard InChI is InChI=1S/C22H29N11O4/c1-14(28-29-19(34)17-18(23)31-37-30-17)15-2-4-16(5-3-15)24-20-25-21(32-6-10-35-11-7-32)27-22(26-20)33-8-12-36-13-9-33/h2-5,19,29,34H,6-13H2,1H3,(H2,23,31)(H,24,25,26,27)/b28-14-. The van der Waals surface area contributed by atoms with Crippen LogP contribution in [0, 0.1) is 0 Å². The van der Waals surface area contributed by atoms with Crippen molar-refractivity contribution in [3.63, 3.8) is 0 Å². The van der Waals surface area contributed by atoms with E-state index in [1.807, 2.05) is 31.2 Å². The Kier molecular flexibility index (Phi) is 7.53. The van der Waals surface area contributed by atoms with E-state index >= 15 is 0 Å². The lowest BCUT2D eigenvalue weighted by molar-refractivity contribution is 0.121. The number of hydrogen-bond acceptors (Lipinski definition) is 15. The number of benzene rings is 1. The first-order valence-corrected chi connectivity index (χ1v) is 11.9. The number of aliphatic hydroxyl groups is 1. The molecule has 15 heteroatoms. The molecule has 1 unspecified atom stereocenters. The number of nitrogens with two attached hydrogens (primary N) is 1. The Morgan fingerprint density at radius 1 is 0.946 bits per heavy atom. The predicted octanol–water partition coefficient (Wildman–Crippen LogP) is 0.258. The first-order valence-electron chi connectivity index (χ1n) is 11.9. The smallest absolute Gasteiger partial charge is 0.233 e. The fourth-order valence-electron chi connectivity index (χ4n) is 3.82. The van der Waals surface area contributed by atoms with E-state index < -0.39 is 6.23 Å². The van der Waals surface area contributed by atoms with Crippen LogP contribution < -0.4 is 26.3 Å². The highest BCUT2D eigenvalue weighted by molar-refractivity contribution is 5.98. The fraction of sp³-hybridized carbons (Fsp3) is 0.455. The molecule has 37 heavy (non-hydrogen) atoms. The highest BCUT2D eigenvalue weighted by Crippen LogP contribution is 2.22. The summed E-state index contributed by atoms with van der Waals surface area (Å²) in [6, 6.07) is 7.59. The Bertz CT molecular complexity index is 1170. The summed E-state index contributed by atoms with van der Waals surface area (Å²) < 4.78 is 15.5. The van der Waals surface area contributed by atoms with Crippen molar-refractivity contribution in [2.75, 3.05) is 73.5 Å². The zero-order valence-electron chi connectivity index (χ0n) is 20.4. The lowest BCUT2D eigenvalue weighted by Gasteiger charge is -2.30. The summed E-state index contributed by atoms with van der Waals surface area (Å²) in [5, 5.41) is 24.6. The van der Waals surface area contributed by atoms with Gasteiger partial charge in [-0.2, -0.15) is 20.1 Å². The zero-order valence-corrected chi connectivity index (χ0v) is 20.4. The number of nitrogens with zero attached hydrogens (tertiary/aromatic N) is 8. The van der Waals surface area contributed by atoms with Crippen LogP contribution in [0.2, 0.25) is 0 Å². The number of nitrogen functional groups attached to an aromatic ring is 1. The predicted molar refractivity (Wildman–Crippen MR) is 135 cm³/mol. The van der Waals surface area contributed by atoms with Crippen LogP contribution in [0.25, 0.3) is 0 Å². The average Bonchev–Trinajstić information content (AvgIpc) is 3.38. The van der Waals surface area contributed by atoms with Crippen LogP contribution in [-0.4, -0.2) is 88.7 Å². The number of anilines is 5. The third kappa shape index (κ3) is 6.02. The molecule has 1 atom stereocenters. The highest BCUT2D eigenvalue weighted by atomic mass is 16.6. The van der Waals surface area contributed by atoms with Crippen molar-refractivity contribution in [3.05, 3.63) is 35.5 Å². The first kappa shape index (κ1) is 24.6. The van der Waals surface area contributed by atoms with Gasteiger partial charge in [-0.3, -0.25) is 5.43 Å². The van der Waals surface area contributed by atoms with Gasteiger partial charge >= 0.3 is 0 Å². The summed E-state index contributed by atoms with van der Waals surface area (Å²) in [5.74, 6) is 1.69. The maximum absolute atomic E-state index is 10.1. The van der Waals surface area contributed by atoms with Gasteiger partial charge in [0.05, 0.1) is 32.1 Å². The molecule has 2 saturated heterocycles. The van der Waals surface area contributed by atoms with Gasteiger partial charge in [0.1, 0.15) is 0 Å². The topological polar surface area (TPSA) is 185 Å². The molecule has 2 aliphatic heterocycles. The first-order chi connectivity index (χ1) is 18.1. The molecular weight excluding hydrogens is 482 g/mol. The molecule has 5 N–H and O–H groups in total. The molecule has 0 aliphatic carbocycles. The van der Waals surface area contributed by atoms with E-state index in [9.17, 15) is 5.11 Å². The molecule has 0 saturated carbocycles. The van der Waals surface area contributed by atoms with Gasteiger partial charge in [-0.15, -0.1) is 0 Å². The highest BCUT2D eigenvalue weighted by Gasteiger charge is 2.21. The molecule has 0 bridgehead atoms. The minimum absolute atomic E-state index is 0.00448. The van der Waals surface area contributed by atoms with Gasteiger partial charge in [-0.1, -0.05) is 12.1 Å². The van der Waals surface area contributed by atoms with Gasteiger partial charge in [0.2, 0.25) is 17.8 Å². The number of aromatic nitrogens is 5. The summed E-state index contributed by atoms with van der Waals surface area (Å²) in [7, 11) is 0. The molecule has 2 fully saturated rings. The van der Waals surface area contributed by atoms with Crippen LogP contribution in [0.5, 0.6) is 0 Å². The lowest BCUT2D eigenvalue weighted by atomic mass is 10.1. The lowest BCUT2D eigenvalue weighted by Crippen LogP contribution is -2.40. The van der Waals surface area contributed by atoms with Crippen molar-refractivity contribution in [1.82, 2.24) is 30.7 Å². The number of nitrogens with one attached hydrogen (secondary N) is 2. The molecule has 3 aromatic rings. The van der Waals surface area contributed by atoms with Gasteiger partial charge in [-0.05, 0) is 34.9 Å². The van der Waals surface area contributed by atoms with Crippen LogP contribution in [0.15, 0.2) is 34.0 Å². The molecule has 5 rings (SSSR count). The summed E-state index contributed by atoms with van der Waals surface area (Å²) in [6.45, 7) is 7.25. The number of morpholine rings is 2. The molecule has 0 amide bonds. The molecule has 4 heterocycles. The van der Waals surface area contributed by atoms with Crippen molar-refractivity contribution >= 4 is 35.1 Å². The zero-order chi connectivity index (χ0) is 25.6. The second kappa shape index (κ2) is 11.3. The maximum atomic E-state index is 10.1. The minimum atomic E-state index is -1.24. The van der Waals surface area contributed by atoms with E-state index in [0.29, 0.717) is 50.0 Å². The third-order valence-corrected chi connectivity index (χ3v) is 5.91. The molecule has 0 spiro atoms. The van der Waals surface area contributed by atoms with Crippen molar-refractivity contribution in [2.24, 2.45) is 5.10 Å². The molecule has 15 nitrogen and oxygen atoms in total. The minimum Gasteiger partial charge on any atom is -0.379 e. The summed E-state index contributed by atoms with van der Waals surface area (Å²) >= 11 is 0. The maximum Gasteiger partial charge on any atom is 0.233 e. The number of hydrazone groups is 1. The number of rotatable bonds is 8. The second-order valence-corrected chi connectivity index (χ2v) is 8.42. The Balaban J connectivity index is 1.30. The van der Waals surface area contributed by atoms with E-state index in [1.54, 1.807) is 0 Å². The van der Waals surface area contributed by atoms with E-state index in [1.165, 1.54) is 0 Å². The van der Waals surface area contributed by atoms with Gasteiger partial charge in [0.25, 0.3) is 0 Å². The van der Waals surface area contributed by atoms with Crippen molar-refractivity contribution in [3.8, 4) is 0 Å². The summed E-state index contributed by atoms with van der Waals surface area (Å²) in [5.41, 5.74) is 10.5.